The van der Waals surface area contributed by atoms with Crippen LogP contribution in [0.2, 0.25) is 0 Å². The van der Waals surface area contributed by atoms with Gasteiger partial charge in [-0.25, -0.2) is 0 Å². The Morgan fingerprint density at radius 1 is 1.62 bits per heavy atom. The van der Waals surface area contributed by atoms with Crippen molar-refractivity contribution in [2.75, 3.05) is 0 Å². The summed E-state index contributed by atoms with van der Waals surface area (Å²) in [4.78, 5) is 3.09. The summed E-state index contributed by atoms with van der Waals surface area (Å²) < 4.78 is 0. The Hall–Kier alpha value is -0.240. The van der Waals surface area contributed by atoms with Crippen LogP contribution in [0.4, 0.5) is 0 Å². The van der Waals surface area contributed by atoms with E-state index in [1.165, 1.54) is 5.69 Å². The van der Waals surface area contributed by atoms with Crippen LogP contribution in [0.1, 0.15) is 12.6 Å². The molecule has 8 heavy (non-hydrogen) atoms. The Morgan fingerprint density at radius 2 is 2.38 bits per heavy atom. The summed E-state index contributed by atoms with van der Waals surface area (Å²) in [6.07, 6.45) is 3.05. The Kier molecular flexibility index (Phi) is 3.61. The SMILES string of the molecule is Br.CCc1ccc[nH]1. The molecule has 2 heteroatoms. The lowest BCUT2D eigenvalue weighted by molar-refractivity contribution is 1.06. The van der Waals surface area contributed by atoms with Gasteiger partial charge in [0.25, 0.3) is 0 Å². The Bertz CT molecular complexity index is 123. The molecular formula is C6H10BrN. The van der Waals surface area contributed by atoms with Gasteiger partial charge in [0.05, 0.1) is 0 Å². The molecular weight excluding hydrogens is 166 g/mol. The van der Waals surface area contributed by atoms with Crippen LogP contribution < -0.4 is 0 Å². The summed E-state index contributed by atoms with van der Waals surface area (Å²) in [6, 6.07) is 4.10. The summed E-state index contributed by atoms with van der Waals surface area (Å²) in [6.45, 7) is 2.13. The number of aryl methyl sites for hydroxylation is 1. The first-order valence-electron chi connectivity index (χ1n) is 2.55. The van der Waals surface area contributed by atoms with Gasteiger partial charge in [-0.15, -0.1) is 17.0 Å². The lowest BCUT2D eigenvalue weighted by Crippen LogP contribution is -1.73. The highest BCUT2D eigenvalue weighted by molar-refractivity contribution is 8.93. The number of aromatic amines is 1. The number of hydrogen-bond acceptors (Lipinski definition) is 0. The normalized spacial score (nSPS) is 8.12. The maximum absolute atomic E-state index is 3.09. The van der Waals surface area contributed by atoms with Crippen LogP contribution in [0.3, 0.4) is 0 Å². The van der Waals surface area contributed by atoms with Gasteiger partial charge in [0.2, 0.25) is 0 Å². The van der Waals surface area contributed by atoms with Crippen molar-refractivity contribution >= 4 is 17.0 Å². The molecule has 1 N–H and O–H groups in total. The Labute approximate surface area is 59.9 Å². The topological polar surface area (TPSA) is 15.8 Å². The molecule has 0 bridgehead atoms. The Morgan fingerprint density at radius 3 is 2.62 bits per heavy atom. The second-order valence-electron chi connectivity index (χ2n) is 1.55. The second-order valence-corrected chi connectivity index (χ2v) is 1.55. The van der Waals surface area contributed by atoms with Crippen molar-refractivity contribution in [2.24, 2.45) is 0 Å². The molecule has 0 aliphatic heterocycles. The maximum atomic E-state index is 3.09. The largest absolute Gasteiger partial charge is 0.365 e. The van der Waals surface area contributed by atoms with E-state index in [4.69, 9.17) is 0 Å². The fraction of sp³-hybridized carbons (Fsp3) is 0.333. The van der Waals surface area contributed by atoms with Crippen molar-refractivity contribution in [2.45, 2.75) is 13.3 Å². The minimum Gasteiger partial charge on any atom is -0.365 e. The van der Waals surface area contributed by atoms with E-state index >= 15 is 0 Å². The molecule has 0 amide bonds. The minimum absolute atomic E-state index is 0. The number of halogens is 1. The van der Waals surface area contributed by atoms with E-state index in [9.17, 15) is 0 Å². The van der Waals surface area contributed by atoms with Crippen LogP contribution in [0, 0.1) is 0 Å². The molecule has 0 saturated heterocycles. The van der Waals surface area contributed by atoms with Gasteiger partial charge in [-0.3, -0.25) is 0 Å². The average Bonchev–Trinajstić information content (AvgIpc) is 2.14. The van der Waals surface area contributed by atoms with Crippen LogP contribution in [0.15, 0.2) is 18.3 Å². The summed E-state index contributed by atoms with van der Waals surface area (Å²) in [5.74, 6) is 0. The first-order valence-corrected chi connectivity index (χ1v) is 2.55. The highest BCUT2D eigenvalue weighted by Crippen LogP contribution is 1.92. The predicted octanol–water partition coefficient (Wildman–Crippen LogP) is 2.15. The third-order valence-electron chi connectivity index (χ3n) is 1.04. The van der Waals surface area contributed by atoms with Crippen LogP contribution in [-0.4, -0.2) is 4.98 Å². The predicted molar refractivity (Wildman–Crippen MR) is 40.5 cm³/mol. The van der Waals surface area contributed by atoms with E-state index in [-0.39, 0.29) is 17.0 Å². The van der Waals surface area contributed by atoms with Crippen LogP contribution in [0.25, 0.3) is 0 Å². The number of nitrogens with one attached hydrogen (secondary N) is 1. The standard InChI is InChI=1S/C6H9N.BrH/c1-2-6-4-3-5-7-6;/h3-5,7H,2H2,1H3;1H. The van der Waals surface area contributed by atoms with Crippen molar-refractivity contribution in [3.05, 3.63) is 24.0 Å². The number of rotatable bonds is 1. The second kappa shape index (κ2) is 3.72. The highest BCUT2D eigenvalue weighted by Gasteiger charge is 1.80. The van der Waals surface area contributed by atoms with Crippen molar-refractivity contribution in [3.8, 4) is 0 Å². The molecule has 0 fully saturated rings. The average molecular weight is 176 g/mol. The molecule has 1 rings (SSSR count). The molecule has 0 aromatic carbocycles. The lowest BCUT2D eigenvalue weighted by Gasteiger charge is -1.81. The molecule has 0 aliphatic carbocycles. The Balaban J connectivity index is 0.000000490. The van der Waals surface area contributed by atoms with E-state index in [1.807, 2.05) is 12.3 Å². The van der Waals surface area contributed by atoms with Gasteiger partial charge >= 0.3 is 0 Å². The first kappa shape index (κ1) is 7.76. The summed E-state index contributed by atoms with van der Waals surface area (Å²) >= 11 is 0. The molecule has 0 unspecified atom stereocenters. The van der Waals surface area contributed by atoms with Crippen molar-refractivity contribution < 1.29 is 0 Å². The van der Waals surface area contributed by atoms with E-state index < -0.39 is 0 Å². The fourth-order valence-electron chi connectivity index (χ4n) is 0.587. The van der Waals surface area contributed by atoms with Gasteiger partial charge in [0, 0.05) is 11.9 Å². The zero-order chi connectivity index (χ0) is 5.11. The van der Waals surface area contributed by atoms with Crippen molar-refractivity contribution in [3.63, 3.8) is 0 Å². The summed E-state index contributed by atoms with van der Waals surface area (Å²) in [7, 11) is 0. The quantitative estimate of drug-likeness (QED) is 0.674. The number of hydrogen-bond donors (Lipinski definition) is 1. The zero-order valence-corrected chi connectivity index (χ0v) is 6.56. The molecule has 0 radical (unpaired) electrons. The van der Waals surface area contributed by atoms with Crippen LogP contribution in [0.5, 0.6) is 0 Å². The van der Waals surface area contributed by atoms with Gasteiger partial charge in [-0.05, 0) is 18.6 Å². The highest BCUT2D eigenvalue weighted by atomic mass is 79.9. The molecule has 0 atom stereocenters. The van der Waals surface area contributed by atoms with Crippen LogP contribution >= 0.6 is 17.0 Å². The van der Waals surface area contributed by atoms with Crippen LogP contribution in [-0.2, 0) is 6.42 Å². The van der Waals surface area contributed by atoms with E-state index in [0.29, 0.717) is 0 Å². The van der Waals surface area contributed by atoms with E-state index in [2.05, 4.69) is 18.0 Å². The van der Waals surface area contributed by atoms with Gasteiger partial charge in [0.1, 0.15) is 0 Å². The molecule has 0 spiro atoms. The van der Waals surface area contributed by atoms with E-state index in [1.54, 1.807) is 0 Å². The molecule has 1 aromatic heterocycles. The lowest BCUT2D eigenvalue weighted by atomic mass is 10.4. The fourth-order valence-corrected chi connectivity index (χ4v) is 0.587. The molecule has 1 aromatic rings. The van der Waals surface area contributed by atoms with Crippen molar-refractivity contribution in [1.82, 2.24) is 4.98 Å². The third-order valence-corrected chi connectivity index (χ3v) is 1.04. The smallest absolute Gasteiger partial charge is 0.0144 e. The van der Waals surface area contributed by atoms with Gasteiger partial charge in [0.15, 0.2) is 0 Å². The molecule has 0 aliphatic rings. The summed E-state index contributed by atoms with van der Waals surface area (Å²) in [5.41, 5.74) is 1.31. The molecule has 1 nitrogen and oxygen atoms in total. The minimum atomic E-state index is 0. The van der Waals surface area contributed by atoms with Gasteiger partial charge in [-0.2, -0.15) is 0 Å². The van der Waals surface area contributed by atoms with Gasteiger partial charge < -0.3 is 4.98 Å². The molecule has 46 valence electrons. The van der Waals surface area contributed by atoms with Gasteiger partial charge in [-0.1, -0.05) is 6.92 Å². The molecule has 1 heterocycles. The van der Waals surface area contributed by atoms with E-state index in [0.717, 1.165) is 6.42 Å². The monoisotopic (exact) mass is 175 g/mol. The molecule has 0 saturated carbocycles. The number of aromatic nitrogens is 1. The third kappa shape index (κ3) is 1.70. The number of H-pyrrole nitrogens is 1. The van der Waals surface area contributed by atoms with Crippen molar-refractivity contribution in [1.29, 1.82) is 0 Å². The zero-order valence-electron chi connectivity index (χ0n) is 4.85. The summed E-state index contributed by atoms with van der Waals surface area (Å²) in [5, 5.41) is 0. The maximum Gasteiger partial charge on any atom is 0.0144 e. The first-order chi connectivity index (χ1) is 3.43.